The molecule has 2 aromatic rings. The van der Waals surface area contributed by atoms with Crippen LogP contribution < -0.4 is 14.8 Å². The number of nitrogens with one attached hydrogen (secondary N) is 1. The van der Waals surface area contributed by atoms with Gasteiger partial charge in [-0.3, -0.25) is 14.2 Å². The van der Waals surface area contributed by atoms with E-state index in [9.17, 15) is 22.6 Å². The molecule has 2 aliphatic rings. The zero-order valence-electron chi connectivity index (χ0n) is 20.2. The Morgan fingerprint density at radius 2 is 1.69 bits per heavy atom. The molecule has 0 saturated carbocycles. The van der Waals surface area contributed by atoms with Crippen LogP contribution >= 0.6 is 7.60 Å². The average Bonchev–Trinajstić information content (AvgIpc) is 3.27. The Morgan fingerprint density at radius 1 is 1.08 bits per heavy atom. The lowest BCUT2D eigenvalue weighted by Crippen LogP contribution is -2.41. The first-order valence-electron chi connectivity index (χ1n) is 11.6. The monoisotopic (exact) mass is 537 g/mol. The molecule has 12 heteroatoms. The number of carbonyl (C=O) groups is 2. The van der Waals surface area contributed by atoms with Crippen molar-refractivity contribution in [1.29, 1.82) is 0 Å². The highest BCUT2D eigenvalue weighted by Crippen LogP contribution is 2.51. The SMILES string of the molecule is CCOP(=O)(Cc1ccc(NC(=O)[C@H]2Cc3cc4c(cc3C(=O)[C@H](C)S2(=O)=O)OCO4)cc1)OCC. The molecule has 1 N–H and O–H groups in total. The van der Waals surface area contributed by atoms with E-state index in [-0.39, 0.29) is 38.2 Å². The normalized spacial score (nSPS) is 20.5. The first kappa shape index (κ1) is 26.3. The van der Waals surface area contributed by atoms with Crippen LogP contribution in [0, 0.1) is 0 Å². The van der Waals surface area contributed by atoms with Crippen LogP contribution in [-0.2, 0) is 40.8 Å². The number of benzene rings is 2. The number of ether oxygens (including phenoxy) is 2. The zero-order valence-corrected chi connectivity index (χ0v) is 21.9. The van der Waals surface area contributed by atoms with Gasteiger partial charge < -0.3 is 23.8 Å². The molecule has 2 atom stereocenters. The van der Waals surface area contributed by atoms with Gasteiger partial charge in [-0.15, -0.1) is 0 Å². The molecular weight excluding hydrogens is 509 g/mol. The second-order valence-corrected chi connectivity index (χ2v) is 13.0. The molecule has 0 radical (unpaired) electrons. The fourth-order valence-electron chi connectivity index (χ4n) is 4.22. The highest BCUT2D eigenvalue weighted by Gasteiger charge is 2.44. The Kier molecular flexibility index (Phi) is 7.56. The summed E-state index contributed by atoms with van der Waals surface area (Å²) in [7, 11) is -7.44. The number of fused-ring (bicyclic) bond motifs is 2. The predicted molar refractivity (Wildman–Crippen MR) is 132 cm³/mol. The Hall–Kier alpha value is -2.72. The maximum atomic E-state index is 13.2. The number of hydrogen-bond donors (Lipinski definition) is 1. The van der Waals surface area contributed by atoms with Crippen molar-refractivity contribution in [3.63, 3.8) is 0 Å². The Morgan fingerprint density at radius 3 is 2.31 bits per heavy atom. The average molecular weight is 538 g/mol. The van der Waals surface area contributed by atoms with Gasteiger partial charge in [0.05, 0.1) is 19.4 Å². The summed E-state index contributed by atoms with van der Waals surface area (Å²) in [5, 5.41) is -0.240. The molecule has 10 nitrogen and oxygen atoms in total. The molecule has 2 aliphatic heterocycles. The lowest BCUT2D eigenvalue weighted by atomic mass is 9.97. The molecular formula is C24H28NO9PS. The zero-order chi connectivity index (χ0) is 26.1. The Bertz CT molecular complexity index is 1310. The molecule has 2 aromatic carbocycles. The minimum Gasteiger partial charge on any atom is -0.454 e. The van der Waals surface area contributed by atoms with E-state index in [1.165, 1.54) is 13.0 Å². The Labute approximate surface area is 209 Å². The second-order valence-electron chi connectivity index (χ2n) is 8.44. The van der Waals surface area contributed by atoms with Crippen LogP contribution in [0.3, 0.4) is 0 Å². The van der Waals surface area contributed by atoms with Crippen LogP contribution in [0.2, 0.25) is 0 Å². The summed E-state index contributed by atoms with van der Waals surface area (Å²) in [5.74, 6) is -0.564. The van der Waals surface area contributed by atoms with Crippen LogP contribution in [0.4, 0.5) is 5.69 Å². The van der Waals surface area contributed by atoms with Crippen molar-refractivity contribution in [2.75, 3.05) is 25.3 Å². The van der Waals surface area contributed by atoms with E-state index in [1.807, 2.05) is 0 Å². The largest absolute Gasteiger partial charge is 0.454 e. The van der Waals surface area contributed by atoms with Crippen LogP contribution in [0.25, 0.3) is 0 Å². The number of sulfone groups is 1. The molecule has 0 unspecified atom stereocenters. The number of ketones is 1. The molecule has 194 valence electrons. The lowest BCUT2D eigenvalue weighted by Gasteiger charge is -2.18. The third-order valence-corrected chi connectivity index (χ3v) is 10.5. The van der Waals surface area contributed by atoms with Crippen molar-refractivity contribution >= 4 is 34.8 Å². The van der Waals surface area contributed by atoms with Crippen LogP contribution in [-0.4, -0.2) is 50.6 Å². The third-order valence-electron chi connectivity index (χ3n) is 6.07. The standard InChI is InChI=1S/C24H28NO9PS/c1-4-33-35(28,34-5-2)13-16-6-8-18(9-7-16)25-24(27)22-11-17-10-20-21(32-14-31-20)12-19(17)23(26)15(3)36(22,29)30/h6-10,12,15,22H,4-5,11,13-14H2,1-3H3,(H,25,27)/t15-,22+/m0/s1. The highest BCUT2D eigenvalue weighted by atomic mass is 32.2. The van der Waals surface area contributed by atoms with E-state index in [0.29, 0.717) is 28.3 Å². The summed E-state index contributed by atoms with van der Waals surface area (Å²) in [6.07, 6.45) is -0.118. The van der Waals surface area contributed by atoms with Crippen LogP contribution in [0.15, 0.2) is 36.4 Å². The molecule has 36 heavy (non-hydrogen) atoms. The number of carbonyl (C=O) groups excluding carboxylic acids is 2. The van der Waals surface area contributed by atoms with Gasteiger partial charge in [0, 0.05) is 11.3 Å². The number of rotatable bonds is 8. The first-order chi connectivity index (χ1) is 17.1. The number of anilines is 1. The summed E-state index contributed by atoms with van der Waals surface area (Å²) in [6.45, 7) is 5.24. The molecule has 0 spiro atoms. The van der Waals surface area contributed by atoms with E-state index < -0.39 is 39.6 Å². The molecule has 0 saturated heterocycles. The molecule has 4 rings (SSSR count). The van der Waals surface area contributed by atoms with Crippen LogP contribution in [0.5, 0.6) is 11.5 Å². The summed E-state index contributed by atoms with van der Waals surface area (Å²) in [5.41, 5.74) is 1.65. The second kappa shape index (κ2) is 10.3. The van der Waals surface area contributed by atoms with Gasteiger partial charge in [0.1, 0.15) is 10.5 Å². The molecule has 0 aromatic heterocycles. The molecule has 2 heterocycles. The van der Waals surface area contributed by atoms with E-state index >= 15 is 0 Å². The van der Waals surface area contributed by atoms with Gasteiger partial charge in [-0.05, 0) is 62.6 Å². The van der Waals surface area contributed by atoms with E-state index in [2.05, 4.69) is 5.32 Å². The topological polar surface area (TPSA) is 134 Å². The van der Waals surface area contributed by atoms with Gasteiger partial charge in [-0.2, -0.15) is 0 Å². The smallest absolute Gasteiger partial charge is 0.335 e. The first-order valence-corrected chi connectivity index (χ1v) is 14.9. The maximum absolute atomic E-state index is 13.2. The van der Waals surface area contributed by atoms with Crippen molar-refractivity contribution in [1.82, 2.24) is 0 Å². The van der Waals surface area contributed by atoms with Crippen molar-refractivity contribution in [3.8, 4) is 11.5 Å². The molecule has 0 bridgehead atoms. The summed E-state index contributed by atoms with van der Waals surface area (Å²) in [4.78, 5) is 26.1. The number of hydrogen-bond acceptors (Lipinski definition) is 9. The summed E-state index contributed by atoms with van der Waals surface area (Å²) >= 11 is 0. The van der Waals surface area contributed by atoms with Crippen molar-refractivity contribution in [3.05, 3.63) is 53.1 Å². The Balaban J connectivity index is 1.55. The predicted octanol–water partition coefficient (Wildman–Crippen LogP) is 3.73. The van der Waals surface area contributed by atoms with E-state index in [1.54, 1.807) is 44.2 Å². The minimum atomic E-state index is -4.15. The van der Waals surface area contributed by atoms with Crippen LogP contribution in [0.1, 0.15) is 42.3 Å². The lowest BCUT2D eigenvalue weighted by molar-refractivity contribution is -0.115. The summed E-state index contributed by atoms with van der Waals surface area (Å²) < 4.78 is 60.5. The van der Waals surface area contributed by atoms with Gasteiger partial charge in [0.2, 0.25) is 12.7 Å². The number of Topliss-reactive ketones (excluding diaryl/α,β-unsaturated/α-hetero) is 1. The minimum absolute atomic E-state index is 0.00474. The fraction of sp³-hybridized carbons (Fsp3) is 0.417. The molecule has 1 amide bonds. The van der Waals surface area contributed by atoms with E-state index in [4.69, 9.17) is 18.5 Å². The van der Waals surface area contributed by atoms with Crippen molar-refractivity contribution in [2.24, 2.45) is 0 Å². The molecule has 0 fully saturated rings. The van der Waals surface area contributed by atoms with Gasteiger partial charge in [0.25, 0.3) is 0 Å². The maximum Gasteiger partial charge on any atom is 0.335 e. The number of amides is 1. The third kappa shape index (κ3) is 5.20. The van der Waals surface area contributed by atoms with E-state index in [0.717, 1.165) is 0 Å². The quantitative estimate of drug-likeness (QED) is 0.500. The van der Waals surface area contributed by atoms with Crippen molar-refractivity contribution in [2.45, 2.75) is 43.9 Å². The fourth-order valence-corrected chi connectivity index (χ4v) is 7.61. The van der Waals surface area contributed by atoms with Gasteiger partial charge in [-0.1, -0.05) is 12.1 Å². The van der Waals surface area contributed by atoms with Gasteiger partial charge in [0.15, 0.2) is 27.1 Å². The van der Waals surface area contributed by atoms with Gasteiger partial charge in [-0.25, -0.2) is 8.42 Å². The summed E-state index contributed by atoms with van der Waals surface area (Å²) in [6, 6.07) is 9.52. The van der Waals surface area contributed by atoms with Gasteiger partial charge >= 0.3 is 7.60 Å². The van der Waals surface area contributed by atoms with Crippen molar-refractivity contribution < 1.29 is 41.1 Å². The highest BCUT2D eigenvalue weighted by molar-refractivity contribution is 7.94. The molecule has 0 aliphatic carbocycles.